The first kappa shape index (κ1) is 26.2. The number of β-amino-alcohol motifs (C(OH)–C–C–N with tert-alkyl or cyclic N) is 1. The van der Waals surface area contributed by atoms with Crippen LogP contribution in [0, 0.1) is 5.92 Å². The number of aliphatic hydroxyl groups excluding tert-OH is 1. The van der Waals surface area contributed by atoms with Crippen LogP contribution in [0.15, 0.2) is 30.3 Å². The van der Waals surface area contributed by atoms with Crippen LogP contribution in [0.4, 0.5) is 0 Å². The van der Waals surface area contributed by atoms with Crippen molar-refractivity contribution in [2.45, 2.75) is 76.7 Å². The van der Waals surface area contributed by atoms with Gasteiger partial charge in [0.05, 0.1) is 6.10 Å². The highest BCUT2D eigenvalue weighted by Gasteiger charge is 2.42. The Labute approximate surface area is 204 Å². The fraction of sp³-hybridized carbons (Fsp3) is 0.600. The van der Waals surface area contributed by atoms with E-state index < -0.39 is 24.2 Å². The van der Waals surface area contributed by atoms with E-state index in [1.807, 2.05) is 30.3 Å². The first-order valence-electron chi connectivity index (χ1n) is 12.0. The zero-order chi connectivity index (χ0) is 24.5. The molecule has 0 aromatic heterocycles. The SMILES string of the molecule is CC(=O)SC[C@H]1CCCCCC[C@H](C(=O)N2C[C@H](O)C[C@H]2C(=O)OCc2ccccc2)NC1=O. The Hall–Kier alpha value is -2.39. The summed E-state index contributed by atoms with van der Waals surface area (Å²) in [7, 11) is 0. The second-order valence-electron chi connectivity index (χ2n) is 9.04. The van der Waals surface area contributed by atoms with Crippen molar-refractivity contribution in [3.05, 3.63) is 35.9 Å². The van der Waals surface area contributed by atoms with Crippen LogP contribution in [0.1, 0.15) is 57.4 Å². The van der Waals surface area contributed by atoms with Crippen LogP contribution >= 0.6 is 11.8 Å². The Morgan fingerprint density at radius 3 is 2.53 bits per heavy atom. The van der Waals surface area contributed by atoms with Crippen molar-refractivity contribution in [3.8, 4) is 0 Å². The van der Waals surface area contributed by atoms with E-state index >= 15 is 0 Å². The van der Waals surface area contributed by atoms with Crippen LogP contribution in [-0.4, -0.2) is 63.4 Å². The summed E-state index contributed by atoms with van der Waals surface area (Å²) in [5.41, 5.74) is 0.835. The normalized spacial score (nSPS) is 25.9. The summed E-state index contributed by atoms with van der Waals surface area (Å²) in [6.45, 7) is 1.59. The van der Waals surface area contributed by atoms with E-state index in [9.17, 15) is 24.3 Å². The minimum Gasteiger partial charge on any atom is -0.459 e. The number of carbonyl (C=O) groups excluding carboxylic acids is 4. The molecule has 0 radical (unpaired) electrons. The van der Waals surface area contributed by atoms with Gasteiger partial charge in [-0.2, -0.15) is 0 Å². The number of hydrogen-bond donors (Lipinski definition) is 2. The predicted molar refractivity (Wildman–Crippen MR) is 129 cm³/mol. The number of carbonyl (C=O) groups is 4. The van der Waals surface area contributed by atoms with Crippen LogP contribution in [0.5, 0.6) is 0 Å². The summed E-state index contributed by atoms with van der Waals surface area (Å²) in [5.74, 6) is -1.13. The second kappa shape index (κ2) is 12.9. The Balaban J connectivity index is 1.67. The Kier molecular flexibility index (Phi) is 9.95. The summed E-state index contributed by atoms with van der Waals surface area (Å²) >= 11 is 1.12. The van der Waals surface area contributed by atoms with E-state index in [4.69, 9.17) is 4.74 Å². The van der Waals surface area contributed by atoms with Crippen molar-refractivity contribution >= 4 is 34.7 Å². The maximum atomic E-state index is 13.4. The lowest BCUT2D eigenvalue weighted by Crippen LogP contribution is -2.53. The summed E-state index contributed by atoms with van der Waals surface area (Å²) in [6, 6.07) is 7.60. The maximum Gasteiger partial charge on any atom is 0.329 e. The van der Waals surface area contributed by atoms with E-state index in [1.165, 1.54) is 11.8 Å². The number of nitrogens with zero attached hydrogens (tertiary/aromatic N) is 1. The van der Waals surface area contributed by atoms with Crippen LogP contribution < -0.4 is 5.32 Å². The molecule has 3 rings (SSSR count). The van der Waals surface area contributed by atoms with Crippen molar-refractivity contribution in [2.75, 3.05) is 12.3 Å². The van der Waals surface area contributed by atoms with Crippen molar-refractivity contribution in [2.24, 2.45) is 5.92 Å². The summed E-state index contributed by atoms with van der Waals surface area (Å²) < 4.78 is 5.44. The highest BCUT2D eigenvalue weighted by molar-refractivity contribution is 8.13. The van der Waals surface area contributed by atoms with E-state index in [-0.39, 0.29) is 42.4 Å². The molecule has 2 aliphatic rings. The third-order valence-corrected chi connectivity index (χ3v) is 7.30. The topological polar surface area (TPSA) is 113 Å². The number of likely N-dealkylation sites (tertiary alicyclic amines) is 1. The van der Waals surface area contributed by atoms with Gasteiger partial charge in [-0.3, -0.25) is 14.4 Å². The monoisotopic (exact) mass is 490 g/mol. The van der Waals surface area contributed by atoms with Crippen molar-refractivity contribution in [1.29, 1.82) is 0 Å². The molecule has 0 unspecified atom stereocenters. The Bertz CT molecular complexity index is 864. The van der Waals surface area contributed by atoms with Crippen LogP contribution in [0.25, 0.3) is 0 Å². The molecule has 4 atom stereocenters. The van der Waals surface area contributed by atoms with Crippen molar-refractivity contribution < 1.29 is 29.0 Å². The van der Waals surface area contributed by atoms with Gasteiger partial charge in [-0.15, -0.1) is 0 Å². The smallest absolute Gasteiger partial charge is 0.329 e. The summed E-state index contributed by atoms with van der Waals surface area (Å²) in [5, 5.41) is 13.1. The maximum absolute atomic E-state index is 13.4. The van der Waals surface area contributed by atoms with Crippen molar-refractivity contribution in [1.82, 2.24) is 10.2 Å². The van der Waals surface area contributed by atoms with Gasteiger partial charge in [-0.05, 0) is 18.4 Å². The number of aliphatic hydroxyl groups is 1. The first-order chi connectivity index (χ1) is 16.3. The van der Waals surface area contributed by atoms with Gasteiger partial charge in [0.2, 0.25) is 11.8 Å². The fourth-order valence-electron chi connectivity index (χ4n) is 4.45. The first-order valence-corrected chi connectivity index (χ1v) is 13.0. The number of nitrogens with one attached hydrogen (secondary N) is 1. The third-order valence-electron chi connectivity index (χ3n) is 6.33. The number of ether oxygens (including phenoxy) is 1. The Morgan fingerprint density at radius 1 is 1.12 bits per heavy atom. The lowest BCUT2D eigenvalue weighted by Gasteiger charge is -2.29. The highest BCUT2D eigenvalue weighted by atomic mass is 32.2. The molecule has 0 aliphatic carbocycles. The molecule has 1 aromatic carbocycles. The molecule has 34 heavy (non-hydrogen) atoms. The average Bonchev–Trinajstić information content (AvgIpc) is 3.22. The molecule has 2 fully saturated rings. The molecule has 1 aromatic rings. The van der Waals surface area contributed by atoms with Crippen LogP contribution in [0.3, 0.4) is 0 Å². The van der Waals surface area contributed by atoms with Gasteiger partial charge >= 0.3 is 5.97 Å². The van der Waals surface area contributed by atoms with E-state index in [1.54, 1.807) is 0 Å². The minimum absolute atomic E-state index is 0.0277. The molecule has 0 spiro atoms. The molecule has 186 valence electrons. The lowest BCUT2D eigenvalue weighted by molar-refractivity contribution is -0.155. The molecule has 2 N–H and O–H groups in total. The Morgan fingerprint density at radius 2 is 1.82 bits per heavy atom. The van der Waals surface area contributed by atoms with Crippen LogP contribution in [0.2, 0.25) is 0 Å². The molecule has 2 aliphatic heterocycles. The van der Waals surface area contributed by atoms with E-state index in [0.29, 0.717) is 18.6 Å². The number of esters is 1. The zero-order valence-electron chi connectivity index (χ0n) is 19.6. The number of rotatable bonds is 6. The molecular formula is C25H34N2O6S. The lowest BCUT2D eigenvalue weighted by atomic mass is 9.97. The number of hydrogen-bond acceptors (Lipinski definition) is 7. The van der Waals surface area contributed by atoms with Gasteiger partial charge in [0.15, 0.2) is 5.12 Å². The minimum atomic E-state index is -0.886. The quantitative estimate of drug-likeness (QED) is 0.589. The fourth-order valence-corrected chi connectivity index (χ4v) is 5.21. The zero-order valence-corrected chi connectivity index (χ0v) is 20.4. The van der Waals surface area contributed by atoms with E-state index in [0.717, 1.165) is 43.0 Å². The predicted octanol–water partition coefficient (Wildman–Crippen LogP) is 2.43. The van der Waals surface area contributed by atoms with Gasteiger partial charge in [0.25, 0.3) is 0 Å². The average molecular weight is 491 g/mol. The molecule has 8 nitrogen and oxygen atoms in total. The molecule has 0 saturated carbocycles. The van der Waals surface area contributed by atoms with Gasteiger partial charge in [0, 0.05) is 31.6 Å². The molecule has 0 bridgehead atoms. The molecule has 2 amide bonds. The highest BCUT2D eigenvalue weighted by Crippen LogP contribution is 2.24. The largest absolute Gasteiger partial charge is 0.459 e. The number of thioether (sulfide) groups is 1. The second-order valence-corrected chi connectivity index (χ2v) is 10.2. The molecule has 2 saturated heterocycles. The van der Waals surface area contributed by atoms with E-state index in [2.05, 4.69) is 5.32 Å². The summed E-state index contributed by atoms with van der Waals surface area (Å²) in [6.07, 6.45) is 4.01. The van der Waals surface area contributed by atoms with Crippen LogP contribution in [-0.2, 0) is 30.5 Å². The summed E-state index contributed by atoms with van der Waals surface area (Å²) in [4.78, 5) is 52.0. The molecular weight excluding hydrogens is 456 g/mol. The van der Waals surface area contributed by atoms with Gasteiger partial charge in [-0.1, -0.05) is 67.8 Å². The molecule has 2 heterocycles. The third kappa shape index (κ3) is 7.56. The van der Waals surface area contributed by atoms with Crippen molar-refractivity contribution in [3.63, 3.8) is 0 Å². The van der Waals surface area contributed by atoms with Gasteiger partial charge in [-0.25, -0.2) is 4.79 Å². The van der Waals surface area contributed by atoms with Gasteiger partial charge in [0.1, 0.15) is 18.7 Å². The number of amides is 2. The molecule has 9 heteroatoms. The standard InChI is InChI=1S/C25H34N2O6S/c1-17(28)34-16-19-11-7-2-3-8-12-21(26-23(19)30)24(31)27-14-20(29)13-22(27)25(32)33-15-18-9-5-4-6-10-18/h4-6,9-10,19-22,29H,2-3,7-8,11-16H2,1H3,(H,26,30)/t19-,20-,21-,22+/m1/s1. The van der Waals surface area contributed by atoms with Gasteiger partial charge < -0.3 is 20.1 Å². The number of benzene rings is 1.